The van der Waals surface area contributed by atoms with E-state index in [1.807, 2.05) is 0 Å². The van der Waals surface area contributed by atoms with E-state index in [0.29, 0.717) is 19.6 Å². The number of nitrogens with one attached hydrogen (secondary N) is 2. The predicted molar refractivity (Wildman–Crippen MR) is 52.9 cm³/mol. The summed E-state index contributed by atoms with van der Waals surface area (Å²) >= 11 is 0. The van der Waals surface area contributed by atoms with Crippen LogP contribution in [0, 0.1) is 0 Å². The van der Waals surface area contributed by atoms with Crippen LogP contribution in [0.3, 0.4) is 0 Å². The number of carbonyl (C=O) groups is 2. The highest BCUT2D eigenvalue weighted by atomic mass is 16.4. The first kappa shape index (κ1) is 12.4. The van der Waals surface area contributed by atoms with Crippen molar-refractivity contribution in [1.29, 1.82) is 0 Å². The normalized spacial score (nSPS) is 10.0. The molecule has 0 aliphatic heterocycles. The summed E-state index contributed by atoms with van der Waals surface area (Å²) in [5.74, 6) is -1.54. The van der Waals surface area contributed by atoms with Crippen molar-refractivity contribution in [2.75, 3.05) is 19.6 Å². The van der Waals surface area contributed by atoms with E-state index in [9.17, 15) is 9.59 Å². The molecule has 0 aromatic carbocycles. The van der Waals surface area contributed by atoms with Crippen molar-refractivity contribution >= 4 is 11.9 Å². The second-order valence-corrected chi connectivity index (χ2v) is 2.46. The Hall–Kier alpha value is -1.62. The van der Waals surface area contributed by atoms with Gasteiger partial charge in [0.2, 0.25) is 5.91 Å². The summed E-state index contributed by atoms with van der Waals surface area (Å²) < 4.78 is 0. The third kappa shape index (κ3) is 8.48. The second-order valence-electron chi connectivity index (χ2n) is 2.46. The minimum atomic E-state index is -1.13. The molecule has 0 saturated carbocycles. The van der Waals surface area contributed by atoms with Crippen LogP contribution < -0.4 is 10.6 Å². The highest BCUT2D eigenvalue weighted by Crippen LogP contribution is 1.73. The molecule has 78 valence electrons. The van der Waals surface area contributed by atoms with Crippen molar-refractivity contribution in [1.82, 2.24) is 10.6 Å². The Balaban J connectivity index is 3.44. The lowest BCUT2D eigenvalue weighted by Gasteiger charge is -2.01. The Bertz CT molecular complexity index is 236. The fourth-order valence-electron chi connectivity index (χ4n) is 0.684. The average molecular weight is 198 g/mol. The zero-order chi connectivity index (χ0) is 10.8. The van der Waals surface area contributed by atoms with E-state index in [1.54, 1.807) is 6.08 Å². The smallest absolute Gasteiger partial charge is 0.328 e. The molecule has 5 heteroatoms. The number of amides is 1. The van der Waals surface area contributed by atoms with Crippen molar-refractivity contribution in [3.63, 3.8) is 0 Å². The molecular formula is C9H14N2O3. The van der Waals surface area contributed by atoms with E-state index in [4.69, 9.17) is 5.11 Å². The molecule has 5 nitrogen and oxygen atoms in total. The summed E-state index contributed by atoms with van der Waals surface area (Å²) in [6.07, 6.45) is 3.49. The molecule has 1 amide bonds. The summed E-state index contributed by atoms with van der Waals surface area (Å²) in [6.45, 7) is 5.28. The molecule has 0 aromatic heterocycles. The van der Waals surface area contributed by atoms with Crippen molar-refractivity contribution in [3.8, 4) is 0 Å². The summed E-state index contributed by atoms with van der Waals surface area (Å²) in [5, 5.41) is 13.7. The first-order valence-corrected chi connectivity index (χ1v) is 4.17. The quantitative estimate of drug-likeness (QED) is 0.293. The van der Waals surface area contributed by atoms with E-state index in [-0.39, 0.29) is 0 Å². The molecular weight excluding hydrogens is 184 g/mol. The van der Waals surface area contributed by atoms with Crippen LogP contribution in [0.15, 0.2) is 24.8 Å². The van der Waals surface area contributed by atoms with Gasteiger partial charge in [0.05, 0.1) is 0 Å². The Morgan fingerprint density at radius 3 is 2.57 bits per heavy atom. The number of carbonyl (C=O) groups excluding carboxylic acids is 1. The number of hydrogen-bond donors (Lipinski definition) is 3. The van der Waals surface area contributed by atoms with Gasteiger partial charge < -0.3 is 15.7 Å². The van der Waals surface area contributed by atoms with Gasteiger partial charge in [-0.1, -0.05) is 6.08 Å². The Morgan fingerprint density at radius 1 is 1.29 bits per heavy atom. The molecule has 0 bridgehead atoms. The number of carboxylic acids is 1. The lowest BCUT2D eigenvalue weighted by Crippen LogP contribution is -2.30. The summed E-state index contributed by atoms with van der Waals surface area (Å²) in [6, 6.07) is 0. The van der Waals surface area contributed by atoms with Gasteiger partial charge in [-0.15, -0.1) is 6.58 Å². The Labute approximate surface area is 82.5 Å². The molecule has 3 N–H and O–H groups in total. The number of rotatable bonds is 7. The van der Waals surface area contributed by atoms with Gasteiger partial charge in [-0.25, -0.2) is 4.79 Å². The van der Waals surface area contributed by atoms with Crippen molar-refractivity contribution < 1.29 is 14.7 Å². The molecule has 0 heterocycles. The van der Waals surface area contributed by atoms with E-state index < -0.39 is 11.9 Å². The molecule has 0 aromatic rings. The van der Waals surface area contributed by atoms with Gasteiger partial charge in [0.15, 0.2) is 0 Å². The highest BCUT2D eigenvalue weighted by molar-refractivity contribution is 5.93. The minimum absolute atomic E-state index is 0.409. The Kier molecular flexibility index (Phi) is 7.07. The van der Waals surface area contributed by atoms with Gasteiger partial charge in [-0.05, 0) is 0 Å². The lowest BCUT2D eigenvalue weighted by atomic mass is 10.4. The molecule has 0 spiro atoms. The van der Waals surface area contributed by atoms with Gasteiger partial charge >= 0.3 is 5.97 Å². The van der Waals surface area contributed by atoms with Crippen LogP contribution in [0.2, 0.25) is 0 Å². The van der Waals surface area contributed by atoms with E-state index in [1.165, 1.54) is 0 Å². The predicted octanol–water partition coefficient (Wildman–Crippen LogP) is -0.481. The van der Waals surface area contributed by atoms with E-state index in [0.717, 1.165) is 12.2 Å². The second kappa shape index (κ2) is 8.00. The minimum Gasteiger partial charge on any atom is -0.478 e. The summed E-state index contributed by atoms with van der Waals surface area (Å²) in [5.41, 5.74) is 0. The zero-order valence-electron chi connectivity index (χ0n) is 7.82. The highest BCUT2D eigenvalue weighted by Gasteiger charge is 1.94. The first-order chi connectivity index (χ1) is 6.66. The monoisotopic (exact) mass is 198 g/mol. The third-order valence-corrected chi connectivity index (χ3v) is 1.27. The molecule has 0 atom stereocenters. The van der Waals surface area contributed by atoms with Gasteiger partial charge in [0.1, 0.15) is 0 Å². The Morgan fingerprint density at radius 2 is 2.00 bits per heavy atom. The average Bonchev–Trinajstić information content (AvgIpc) is 2.14. The van der Waals surface area contributed by atoms with Gasteiger partial charge in [-0.2, -0.15) is 0 Å². The molecule has 14 heavy (non-hydrogen) atoms. The van der Waals surface area contributed by atoms with E-state index >= 15 is 0 Å². The molecule has 0 saturated heterocycles. The van der Waals surface area contributed by atoms with E-state index in [2.05, 4.69) is 17.2 Å². The number of hydrogen-bond acceptors (Lipinski definition) is 3. The van der Waals surface area contributed by atoms with Crippen LogP contribution >= 0.6 is 0 Å². The molecule has 0 aliphatic carbocycles. The fourth-order valence-corrected chi connectivity index (χ4v) is 0.684. The molecule has 0 unspecified atom stereocenters. The van der Waals surface area contributed by atoms with Crippen LogP contribution in [0.25, 0.3) is 0 Å². The standard InChI is InChI=1S/C9H14N2O3/c1-2-5-10-6-7-11-8(12)3-4-9(13)14/h2-4,10H,1,5-7H2,(H,11,12)(H,13,14)/b4-3+. The van der Waals surface area contributed by atoms with Crippen LogP contribution in [-0.4, -0.2) is 36.6 Å². The van der Waals surface area contributed by atoms with Crippen LogP contribution in [0.4, 0.5) is 0 Å². The van der Waals surface area contributed by atoms with Crippen molar-refractivity contribution in [3.05, 3.63) is 24.8 Å². The maximum absolute atomic E-state index is 10.9. The van der Waals surface area contributed by atoms with Crippen molar-refractivity contribution in [2.24, 2.45) is 0 Å². The van der Waals surface area contributed by atoms with Gasteiger partial charge in [0, 0.05) is 31.8 Å². The lowest BCUT2D eigenvalue weighted by molar-refractivity contribution is -0.131. The largest absolute Gasteiger partial charge is 0.478 e. The molecule has 0 aliphatic rings. The number of carboxylic acid groups (broad SMARTS) is 1. The molecule has 0 rings (SSSR count). The number of aliphatic carboxylic acids is 1. The fraction of sp³-hybridized carbons (Fsp3) is 0.333. The van der Waals surface area contributed by atoms with Crippen molar-refractivity contribution in [2.45, 2.75) is 0 Å². The van der Waals surface area contributed by atoms with Crippen LogP contribution in [0.5, 0.6) is 0 Å². The zero-order valence-corrected chi connectivity index (χ0v) is 7.82. The summed E-state index contributed by atoms with van der Waals surface area (Å²) in [4.78, 5) is 20.9. The topological polar surface area (TPSA) is 78.4 Å². The maximum atomic E-state index is 10.9. The molecule has 0 radical (unpaired) electrons. The first-order valence-electron chi connectivity index (χ1n) is 4.17. The van der Waals surface area contributed by atoms with Gasteiger partial charge in [0.25, 0.3) is 0 Å². The van der Waals surface area contributed by atoms with Crippen LogP contribution in [-0.2, 0) is 9.59 Å². The van der Waals surface area contributed by atoms with Gasteiger partial charge in [-0.3, -0.25) is 4.79 Å². The van der Waals surface area contributed by atoms with Crippen LogP contribution in [0.1, 0.15) is 0 Å². The maximum Gasteiger partial charge on any atom is 0.328 e. The summed E-state index contributed by atoms with van der Waals surface area (Å²) in [7, 11) is 0. The molecule has 0 fully saturated rings. The third-order valence-electron chi connectivity index (χ3n) is 1.27. The SMILES string of the molecule is C=CCNCCNC(=O)/C=C/C(=O)O.